The molecule has 0 aliphatic heterocycles. The molecule has 0 atom stereocenters. The molecule has 2 N–H and O–H groups in total. The van der Waals surface area contributed by atoms with Crippen molar-refractivity contribution in [2.75, 3.05) is 24.6 Å². The van der Waals surface area contributed by atoms with E-state index in [2.05, 4.69) is 0 Å². The van der Waals surface area contributed by atoms with Crippen LogP contribution in [0.25, 0.3) is 0 Å². The maximum atomic E-state index is 11.0. The van der Waals surface area contributed by atoms with Crippen LogP contribution in [0.1, 0.15) is 27.7 Å². The predicted octanol–water partition coefficient (Wildman–Crippen LogP) is 2.64. The van der Waals surface area contributed by atoms with Crippen molar-refractivity contribution in [1.82, 2.24) is 0 Å². The summed E-state index contributed by atoms with van der Waals surface area (Å²) in [7, 11) is -4.36. The molecule has 0 saturated carbocycles. The van der Waals surface area contributed by atoms with Crippen LogP contribution in [-0.2, 0) is 8.88 Å². The first-order valence-corrected chi connectivity index (χ1v) is 9.47. The number of hydrogen-bond acceptors (Lipinski definition) is 2. The first-order chi connectivity index (χ1) is 6.26. The second kappa shape index (κ2) is 4.59. The van der Waals surface area contributed by atoms with Crippen molar-refractivity contribution in [3.05, 3.63) is 0 Å². The van der Waals surface area contributed by atoms with Crippen LogP contribution in [0, 0.1) is 0 Å². The summed E-state index contributed by atoms with van der Waals surface area (Å²) in [6, 6.07) is 0. The van der Waals surface area contributed by atoms with Gasteiger partial charge in [0.2, 0.25) is 0 Å². The molecule has 0 heterocycles. The second-order valence-corrected chi connectivity index (χ2v) is 11.6. The first kappa shape index (κ1) is 14.5. The Labute approximate surface area is 86.3 Å². The number of rotatable bonds is 6. The molecule has 0 aliphatic carbocycles. The third-order valence-corrected chi connectivity index (χ3v) is 12.6. The van der Waals surface area contributed by atoms with Crippen molar-refractivity contribution in [2.24, 2.45) is 0 Å². The summed E-state index contributed by atoms with van der Waals surface area (Å²) < 4.78 is 16.2. The minimum atomic E-state index is -4.36. The Kier molecular flexibility index (Phi) is 4.77. The Bertz CT molecular complexity index is 208. The van der Waals surface area contributed by atoms with Crippen LogP contribution in [-0.4, -0.2) is 34.4 Å². The summed E-state index contributed by atoms with van der Waals surface area (Å²) in [6.45, 7) is 5.24. The Balaban J connectivity index is 5.15. The van der Waals surface area contributed by atoms with Gasteiger partial charge in [0, 0.05) is 0 Å². The van der Waals surface area contributed by atoms with Gasteiger partial charge in [0.05, 0.1) is 0 Å². The summed E-state index contributed by atoms with van der Waals surface area (Å²) in [5.41, 5.74) is 0. The predicted molar refractivity (Wildman–Crippen MR) is 62.2 cm³/mol. The summed E-state index contributed by atoms with van der Waals surface area (Å²) in [5, 5.41) is 0. The van der Waals surface area contributed by atoms with Gasteiger partial charge in [-0.2, -0.15) is 0 Å². The average Bonchev–Trinajstić information content (AvgIpc) is 2.14. The normalized spacial score (nSPS) is 16.3. The van der Waals surface area contributed by atoms with E-state index in [1.54, 1.807) is 0 Å². The minimum absolute atomic E-state index is 0.736. The fourth-order valence-corrected chi connectivity index (χ4v) is 8.81. The molecule has 0 aromatic rings. The van der Waals surface area contributed by atoms with Gasteiger partial charge in [-0.1, -0.05) is 0 Å². The summed E-state index contributed by atoms with van der Waals surface area (Å²) in [6.07, 6.45) is 2.95. The van der Waals surface area contributed by atoms with Crippen molar-refractivity contribution >= 4 is 14.7 Å². The molecular weight excluding hydrogens is 222 g/mol. The van der Waals surface area contributed by atoms with Crippen LogP contribution in [0.15, 0.2) is 0 Å². The van der Waals surface area contributed by atoms with Crippen LogP contribution < -0.4 is 0 Å². The zero-order valence-corrected chi connectivity index (χ0v) is 11.2. The molecule has 0 saturated heterocycles. The van der Waals surface area contributed by atoms with Crippen LogP contribution >= 0.6 is 14.7 Å². The standard InChI is InChI=1S/C8H22O4P2/c1-5-14(6-2,7-3,8-4)12-13(9,10)11/h5-8H2,1-4H3,(H2,9,10,11). The fourth-order valence-electron chi connectivity index (χ4n) is 1.87. The molecule has 0 bridgehead atoms. The van der Waals surface area contributed by atoms with Gasteiger partial charge in [0.1, 0.15) is 0 Å². The van der Waals surface area contributed by atoms with E-state index in [0.29, 0.717) is 0 Å². The number of phosphoric acid groups is 1. The molecule has 14 heavy (non-hydrogen) atoms. The van der Waals surface area contributed by atoms with Crippen LogP contribution in [0.2, 0.25) is 0 Å². The SMILES string of the molecule is CCP(CC)(CC)(CC)OP(=O)(O)O. The molecule has 0 rings (SSSR count). The molecular formula is C8H22O4P2. The van der Waals surface area contributed by atoms with E-state index in [1.807, 2.05) is 27.7 Å². The van der Waals surface area contributed by atoms with Crippen molar-refractivity contribution < 1.29 is 18.7 Å². The van der Waals surface area contributed by atoms with E-state index in [4.69, 9.17) is 14.1 Å². The zero-order chi connectivity index (χ0) is 11.5. The maximum absolute atomic E-state index is 11.0. The van der Waals surface area contributed by atoms with Crippen LogP contribution in [0.3, 0.4) is 0 Å². The molecule has 0 aliphatic rings. The molecule has 0 amide bonds. The van der Waals surface area contributed by atoms with E-state index >= 15 is 0 Å². The summed E-state index contributed by atoms with van der Waals surface area (Å²) in [5.74, 6) is 0. The van der Waals surface area contributed by atoms with Crippen molar-refractivity contribution in [2.45, 2.75) is 27.7 Å². The van der Waals surface area contributed by atoms with E-state index in [9.17, 15) is 4.57 Å². The second-order valence-electron chi connectivity index (χ2n) is 3.70. The zero-order valence-electron chi connectivity index (χ0n) is 9.43. The van der Waals surface area contributed by atoms with Gasteiger partial charge in [-0.25, -0.2) is 0 Å². The van der Waals surface area contributed by atoms with Crippen LogP contribution in [0.4, 0.5) is 0 Å². The molecule has 0 aromatic carbocycles. The van der Waals surface area contributed by atoms with Gasteiger partial charge in [-0.15, -0.1) is 0 Å². The quantitative estimate of drug-likeness (QED) is 0.705. The molecule has 88 valence electrons. The Morgan fingerprint density at radius 1 is 1.00 bits per heavy atom. The molecule has 0 radical (unpaired) electrons. The monoisotopic (exact) mass is 244 g/mol. The Morgan fingerprint density at radius 2 is 1.29 bits per heavy atom. The van der Waals surface area contributed by atoms with Crippen molar-refractivity contribution in [1.29, 1.82) is 0 Å². The average molecular weight is 244 g/mol. The summed E-state index contributed by atoms with van der Waals surface area (Å²) in [4.78, 5) is 17.9. The fraction of sp³-hybridized carbons (Fsp3) is 1.00. The molecule has 6 heteroatoms. The number of hydrogen-bond donors (Lipinski definition) is 2. The topological polar surface area (TPSA) is 66.8 Å². The molecule has 0 spiro atoms. The van der Waals surface area contributed by atoms with Gasteiger partial charge in [-0.3, -0.25) is 0 Å². The van der Waals surface area contributed by atoms with Crippen molar-refractivity contribution in [3.63, 3.8) is 0 Å². The Hall–Kier alpha value is 0.540. The summed E-state index contributed by atoms with van der Waals surface area (Å²) >= 11 is 0. The van der Waals surface area contributed by atoms with Gasteiger partial charge in [0.15, 0.2) is 0 Å². The first-order valence-electron chi connectivity index (χ1n) is 5.04. The molecule has 0 unspecified atom stereocenters. The van der Waals surface area contributed by atoms with E-state index in [1.165, 1.54) is 0 Å². The van der Waals surface area contributed by atoms with E-state index < -0.39 is 14.7 Å². The van der Waals surface area contributed by atoms with Crippen molar-refractivity contribution in [3.8, 4) is 0 Å². The van der Waals surface area contributed by atoms with E-state index in [0.717, 1.165) is 24.6 Å². The third kappa shape index (κ3) is 3.01. The Morgan fingerprint density at radius 3 is 1.36 bits per heavy atom. The molecule has 4 nitrogen and oxygen atoms in total. The third-order valence-electron chi connectivity index (χ3n) is 3.54. The van der Waals surface area contributed by atoms with E-state index in [-0.39, 0.29) is 0 Å². The van der Waals surface area contributed by atoms with Gasteiger partial charge in [0.25, 0.3) is 0 Å². The van der Waals surface area contributed by atoms with Crippen LogP contribution in [0.5, 0.6) is 0 Å². The molecule has 0 fully saturated rings. The van der Waals surface area contributed by atoms with Gasteiger partial charge >= 0.3 is 85.7 Å². The molecule has 0 aromatic heterocycles. The van der Waals surface area contributed by atoms with Gasteiger partial charge in [-0.05, 0) is 0 Å². The van der Waals surface area contributed by atoms with Gasteiger partial charge < -0.3 is 0 Å².